The lowest BCUT2D eigenvalue weighted by atomic mass is 9.92. The Bertz CT molecular complexity index is 346. The molecule has 1 aliphatic rings. The summed E-state index contributed by atoms with van der Waals surface area (Å²) < 4.78 is 0. The van der Waals surface area contributed by atoms with E-state index in [0.717, 1.165) is 0 Å². The van der Waals surface area contributed by atoms with Crippen molar-refractivity contribution in [1.82, 2.24) is 0 Å². The average molecular weight is 195 g/mol. The van der Waals surface area contributed by atoms with Crippen LogP contribution in [0.15, 0.2) is 0 Å². The molecule has 0 aromatic heterocycles. The molecule has 0 radical (unpaired) electrons. The van der Waals surface area contributed by atoms with Gasteiger partial charge in [0.15, 0.2) is 0 Å². The van der Waals surface area contributed by atoms with Crippen LogP contribution in [-0.4, -0.2) is 12.1 Å². The van der Waals surface area contributed by atoms with Crippen molar-refractivity contribution in [1.29, 1.82) is 15.8 Å². The molecule has 4 unspecified atom stereocenters. The maximum absolute atomic E-state index is 8.84. The molecular formula is C10H5N5. The van der Waals surface area contributed by atoms with E-state index in [9.17, 15) is 0 Å². The van der Waals surface area contributed by atoms with E-state index in [4.69, 9.17) is 28.9 Å². The van der Waals surface area contributed by atoms with Crippen molar-refractivity contribution in [2.45, 2.75) is 12.1 Å². The Hall–Kier alpha value is -2.55. The molecule has 0 N–H and O–H groups in total. The monoisotopic (exact) mass is 195 g/mol. The van der Waals surface area contributed by atoms with Crippen LogP contribution in [0.2, 0.25) is 0 Å². The second-order valence-corrected chi connectivity index (χ2v) is 3.20. The molecule has 4 atom stereocenters. The first-order valence-corrected chi connectivity index (χ1v) is 4.17. The number of rotatable bonds is 0. The highest BCUT2D eigenvalue weighted by atomic mass is 14.9. The van der Waals surface area contributed by atoms with Gasteiger partial charge in [0.05, 0.1) is 24.1 Å². The van der Waals surface area contributed by atoms with Crippen LogP contribution in [0.4, 0.5) is 0 Å². The molecule has 1 fully saturated rings. The van der Waals surface area contributed by atoms with Crippen LogP contribution in [0.3, 0.4) is 0 Å². The molecule has 0 aliphatic heterocycles. The third kappa shape index (κ3) is 1.36. The topological polar surface area (TPSA) is 80.1 Å². The van der Waals surface area contributed by atoms with E-state index in [-0.39, 0.29) is 0 Å². The highest BCUT2D eigenvalue weighted by Gasteiger charge is 2.61. The maximum Gasteiger partial charge on any atom is 0.315 e. The summed E-state index contributed by atoms with van der Waals surface area (Å²) in [5, 5.41) is 26.5. The summed E-state index contributed by atoms with van der Waals surface area (Å²) in [7, 11) is 0. The first-order valence-electron chi connectivity index (χ1n) is 4.17. The van der Waals surface area contributed by atoms with Gasteiger partial charge >= 0.3 is 12.1 Å². The van der Waals surface area contributed by atoms with Crippen molar-refractivity contribution in [3.63, 3.8) is 0 Å². The Morgan fingerprint density at radius 1 is 0.733 bits per heavy atom. The molecule has 0 spiro atoms. The van der Waals surface area contributed by atoms with Gasteiger partial charge in [-0.3, -0.25) is 0 Å². The van der Waals surface area contributed by atoms with Crippen LogP contribution in [0.25, 0.3) is 9.69 Å². The minimum absolute atomic E-state index is 0.821. The summed E-state index contributed by atoms with van der Waals surface area (Å²) in [6, 6.07) is 3.90. The molecule has 1 saturated carbocycles. The fourth-order valence-electron chi connectivity index (χ4n) is 1.86. The van der Waals surface area contributed by atoms with Gasteiger partial charge in [-0.05, 0) is 0 Å². The predicted octanol–water partition coefficient (Wildman–Crippen LogP) is 0.995. The van der Waals surface area contributed by atoms with E-state index in [1.807, 2.05) is 18.2 Å². The van der Waals surface area contributed by atoms with Crippen molar-refractivity contribution >= 4 is 0 Å². The summed E-state index contributed by atoms with van der Waals surface area (Å²) in [6.45, 7) is 13.8. The zero-order valence-corrected chi connectivity index (χ0v) is 7.62. The standard InChI is InChI=1S/C10H5N5/c1-14-9-7(4-12)6(3-11)8(5-13)10(9)15-2/h6-10H. The van der Waals surface area contributed by atoms with Gasteiger partial charge in [-0.2, -0.15) is 15.8 Å². The molecule has 70 valence electrons. The molecule has 1 rings (SSSR count). The molecule has 5 heteroatoms. The molecule has 0 saturated heterocycles. The van der Waals surface area contributed by atoms with E-state index < -0.39 is 29.8 Å². The fourth-order valence-corrected chi connectivity index (χ4v) is 1.86. The second-order valence-electron chi connectivity index (χ2n) is 3.20. The molecular weight excluding hydrogens is 190 g/mol. The van der Waals surface area contributed by atoms with Gasteiger partial charge in [0.1, 0.15) is 11.8 Å². The van der Waals surface area contributed by atoms with Crippen LogP contribution >= 0.6 is 0 Å². The third-order valence-corrected chi connectivity index (χ3v) is 2.60. The van der Waals surface area contributed by atoms with E-state index in [1.54, 1.807) is 0 Å². The van der Waals surface area contributed by atoms with Crippen LogP contribution < -0.4 is 0 Å². The Labute approximate surface area is 87.4 Å². The highest BCUT2D eigenvalue weighted by molar-refractivity contribution is 5.26. The van der Waals surface area contributed by atoms with Gasteiger partial charge in [0.25, 0.3) is 0 Å². The van der Waals surface area contributed by atoms with E-state index in [2.05, 4.69) is 9.69 Å². The molecule has 15 heavy (non-hydrogen) atoms. The lowest BCUT2D eigenvalue weighted by Crippen LogP contribution is -2.21. The quantitative estimate of drug-likeness (QED) is 0.540. The van der Waals surface area contributed by atoms with E-state index in [0.29, 0.717) is 0 Å². The Morgan fingerprint density at radius 3 is 1.27 bits per heavy atom. The van der Waals surface area contributed by atoms with Gasteiger partial charge in [-0.25, -0.2) is 13.1 Å². The van der Waals surface area contributed by atoms with Crippen LogP contribution in [0, 0.1) is 64.9 Å². The third-order valence-electron chi connectivity index (χ3n) is 2.60. The smallest absolute Gasteiger partial charge is 0.303 e. The molecule has 1 aliphatic carbocycles. The van der Waals surface area contributed by atoms with Gasteiger partial charge in [-0.15, -0.1) is 0 Å². The minimum Gasteiger partial charge on any atom is -0.303 e. The first kappa shape index (κ1) is 10.5. The van der Waals surface area contributed by atoms with Crippen molar-refractivity contribution in [3.8, 4) is 18.2 Å². The first-order chi connectivity index (χ1) is 7.24. The van der Waals surface area contributed by atoms with Gasteiger partial charge in [0, 0.05) is 0 Å². The molecule has 0 bridgehead atoms. The van der Waals surface area contributed by atoms with E-state index in [1.165, 1.54) is 0 Å². The summed E-state index contributed by atoms with van der Waals surface area (Å²) in [5.74, 6) is -2.47. The fraction of sp³-hybridized carbons (Fsp3) is 0.500. The Morgan fingerprint density at radius 2 is 1.07 bits per heavy atom. The normalized spacial score (nSPS) is 37.7. The summed E-state index contributed by atoms with van der Waals surface area (Å²) in [5.41, 5.74) is 0. The summed E-state index contributed by atoms with van der Waals surface area (Å²) in [4.78, 5) is 6.40. The highest BCUT2D eigenvalue weighted by Crippen LogP contribution is 2.40. The van der Waals surface area contributed by atoms with Crippen molar-refractivity contribution < 1.29 is 0 Å². The van der Waals surface area contributed by atoms with Crippen molar-refractivity contribution in [2.75, 3.05) is 0 Å². The largest absolute Gasteiger partial charge is 0.315 e. The number of nitriles is 3. The molecule has 5 nitrogen and oxygen atoms in total. The number of hydrogen-bond donors (Lipinski definition) is 0. The Kier molecular flexibility index (Phi) is 2.88. The van der Waals surface area contributed by atoms with Gasteiger partial charge in [0.2, 0.25) is 0 Å². The maximum atomic E-state index is 8.84. The van der Waals surface area contributed by atoms with Gasteiger partial charge < -0.3 is 9.69 Å². The summed E-state index contributed by atoms with van der Waals surface area (Å²) in [6.07, 6.45) is 0. The lowest BCUT2D eigenvalue weighted by molar-refractivity contribution is 0.512. The van der Waals surface area contributed by atoms with Crippen molar-refractivity contribution in [2.24, 2.45) is 17.8 Å². The van der Waals surface area contributed by atoms with Crippen LogP contribution in [0.1, 0.15) is 0 Å². The predicted molar refractivity (Wildman–Crippen MR) is 48.1 cm³/mol. The lowest BCUT2D eigenvalue weighted by Gasteiger charge is -2.01. The average Bonchev–Trinajstić information content (AvgIpc) is 2.59. The number of nitrogens with zero attached hydrogens (tertiary/aromatic N) is 5. The zero-order valence-electron chi connectivity index (χ0n) is 7.62. The SMILES string of the molecule is [C-]#[N+]C1C(C#N)C(C#N)C(C#N)C1[N+]#[C-]. The molecule has 0 aromatic rings. The van der Waals surface area contributed by atoms with Crippen molar-refractivity contribution in [3.05, 3.63) is 22.8 Å². The molecule has 0 aromatic carbocycles. The zero-order chi connectivity index (χ0) is 11.4. The van der Waals surface area contributed by atoms with Gasteiger partial charge in [-0.1, -0.05) is 0 Å². The molecule has 0 heterocycles. The Balaban J connectivity index is 3.22. The molecule has 0 amide bonds. The number of hydrogen-bond acceptors (Lipinski definition) is 3. The van der Waals surface area contributed by atoms with Crippen LogP contribution in [0.5, 0.6) is 0 Å². The minimum atomic E-state index is -0.846. The second kappa shape index (κ2) is 4.11. The summed E-state index contributed by atoms with van der Waals surface area (Å²) >= 11 is 0. The van der Waals surface area contributed by atoms with E-state index >= 15 is 0 Å². The van der Waals surface area contributed by atoms with Crippen LogP contribution in [-0.2, 0) is 0 Å².